The zero-order valence-corrected chi connectivity index (χ0v) is 14.0. The van der Waals surface area contributed by atoms with Crippen LogP contribution in [0.15, 0.2) is 42.5 Å². The molecule has 1 saturated heterocycles. The number of hydrogen-bond donors (Lipinski definition) is 1. The van der Waals surface area contributed by atoms with Crippen LogP contribution in [-0.4, -0.2) is 37.0 Å². The molecule has 0 aromatic heterocycles. The highest BCUT2D eigenvalue weighted by molar-refractivity contribution is 6.43. The van der Waals surface area contributed by atoms with Crippen molar-refractivity contribution in [2.24, 2.45) is 0 Å². The van der Waals surface area contributed by atoms with Crippen LogP contribution in [0.2, 0.25) is 10.0 Å². The average molecular weight is 350 g/mol. The molecule has 3 rings (SSSR count). The molecule has 1 amide bonds. The van der Waals surface area contributed by atoms with Crippen molar-refractivity contribution < 1.29 is 4.79 Å². The number of hydrogen-bond acceptors (Lipinski definition) is 3. The van der Waals surface area contributed by atoms with E-state index in [1.807, 2.05) is 29.2 Å². The Balaban J connectivity index is 1.70. The number of para-hydroxylation sites is 1. The van der Waals surface area contributed by atoms with E-state index in [-0.39, 0.29) is 5.91 Å². The van der Waals surface area contributed by atoms with Gasteiger partial charge in [0.05, 0.1) is 21.3 Å². The van der Waals surface area contributed by atoms with Crippen LogP contribution in [0.4, 0.5) is 11.4 Å². The monoisotopic (exact) mass is 349 g/mol. The Morgan fingerprint density at radius 3 is 2.35 bits per heavy atom. The number of carbonyl (C=O) groups is 1. The van der Waals surface area contributed by atoms with Crippen LogP contribution < -0.4 is 10.6 Å². The summed E-state index contributed by atoms with van der Waals surface area (Å²) >= 11 is 12.3. The molecule has 120 valence electrons. The second-order valence-electron chi connectivity index (χ2n) is 5.44. The number of anilines is 2. The molecule has 0 unspecified atom stereocenters. The smallest absolute Gasteiger partial charge is 0.256 e. The van der Waals surface area contributed by atoms with Gasteiger partial charge in [-0.3, -0.25) is 4.79 Å². The van der Waals surface area contributed by atoms with Gasteiger partial charge in [-0.2, -0.15) is 0 Å². The molecule has 23 heavy (non-hydrogen) atoms. The Kier molecular flexibility index (Phi) is 4.64. The SMILES string of the molecule is Nc1ccccc1C(=O)N1CCN(c2cccc(Cl)c2Cl)CC1. The molecular formula is C17H17Cl2N3O. The Bertz CT molecular complexity index is 728. The fraction of sp³-hybridized carbons (Fsp3) is 0.235. The summed E-state index contributed by atoms with van der Waals surface area (Å²) in [5, 5.41) is 1.10. The summed E-state index contributed by atoms with van der Waals surface area (Å²) in [5.41, 5.74) is 7.87. The van der Waals surface area contributed by atoms with E-state index in [2.05, 4.69) is 4.90 Å². The first-order valence-corrected chi connectivity index (χ1v) is 8.16. The summed E-state index contributed by atoms with van der Waals surface area (Å²) in [5.74, 6) is -0.0278. The minimum Gasteiger partial charge on any atom is -0.398 e. The molecule has 1 fully saturated rings. The lowest BCUT2D eigenvalue weighted by Crippen LogP contribution is -2.49. The quantitative estimate of drug-likeness (QED) is 0.843. The van der Waals surface area contributed by atoms with Crippen molar-refractivity contribution in [2.75, 3.05) is 36.8 Å². The molecule has 2 N–H and O–H groups in total. The van der Waals surface area contributed by atoms with E-state index in [0.717, 1.165) is 5.69 Å². The Labute approximate surface area is 145 Å². The van der Waals surface area contributed by atoms with E-state index in [4.69, 9.17) is 28.9 Å². The number of nitrogen functional groups attached to an aromatic ring is 1. The van der Waals surface area contributed by atoms with Gasteiger partial charge in [-0.1, -0.05) is 41.4 Å². The molecule has 2 aromatic carbocycles. The molecule has 0 aliphatic carbocycles. The Morgan fingerprint density at radius 1 is 0.957 bits per heavy atom. The predicted octanol–water partition coefficient (Wildman–Crippen LogP) is 3.54. The third kappa shape index (κ3) is 3.23. The van der Waals surface area contributed by atoms with E-state index >= 15 is 0 Å². The second-order valence-corrected chi connectivity index (χ2v) is 6.22. The molecule has 1 aliphatic heterocycles. The molecule has 4 nitrogen and oxygen atoms in total. The van der Waals surface area contributed by atoms with Gasteiger partial charge in [0.25, 0.3) is 5.91 Å². The first kappa shape index (κ1) is 16.0. The molecule has 0 radical (unpaired) electrons. The summed E-state index contributed by atoms with van der Waals surface area (Å²) < 4.78 is 0. The molecule has 0 spiro atoms. The van der Waals surface area contributed by atoms with Crippen LogP contribution in [0.5, 0.6) is 0 Å². The van der Waals surface area contributed by atoms with Crippen LogP contribution in [0.1, 0.15) is 10.4 Å². The fourth-order valence-corrected chi connectivity index (χ4v) is 3.16. The van der Waals surface area contributed by atoms with Gasteiger partial charge in [0.1, 0.15) is 0 Å². The highest BCUT2D eigenvalue weighted by Crippen LogP contribution is 2.33. The Morgan fingerprint density at radius 2 is 1.65 bits per heavy atom. The van der Waals surface area contributed by atoms with Crippen LogP contribution in [-0.2, 0) is 0 Å². The number of rotatable bonds is 2. The molecular weight excluding hydrogens is 333 g/mol. The van der Waals surface area contributed by atoms with Crippen LogP contribution in [0, 0.1) is 0 Å². The molecule has 2 aromatic rings. The number of benzene rings is 2. The minimum absolute atomic E-state index is 0.0278. The van der Waals surface area contributed by atoms with E-state index in [1.165, 1.54) is 0 Å². The van der Waals surface area contributed by atoms with Crippen LogP contribution in [0.25, 0.3) is 0 Å². The largest absolute Gasteiger partial charge is 0.398 e. The average Bonchev–Trinajstić information content (AvgIpc) is 2.57. The predicted molar refractivity (Wildman–Crippen MR) is 95.4 cm³/mol. The number of amides is 1. The van der Waals surface area contributed by atoms with Crippen molar-refractivity contribution in [1.29, 1.82) is 0 Å². The number of nitrogens with zero attached hydrogens (tertiary/aromatic N) is 2. The molecule has 0 bridgehead atoms. The van der Waals surface area contributed by atoms with Gasteiger partial charge in [-0.15, -0.1) is 0 Å². The van der Waals surface area contributed by atoms with Crippen molar-refractivity contribution in [2.45, 2.75) is 0 Å². The number of halogens is 2. The van der Waals surface area contributed by atoms with Gasteiger partial charge < -0.3 is 15.5 Å². The molecule has 1 heterocycles. The standard InChI is InChI=1S/C17H17Cl2N3O/c18-13-5-3-7-15(16(13)19)21-8-10-22(11-9-21)17(23)12-4-1-2-6-14(12)20/h1-7H,8-11,20H2. The van der Waals surface area contributed by atoms with Crippen molar-refractivity contribution >= 4 is 40.5 Å². The lowest BCUT2D eigenvalue weighted by molar-refractivity contribution is 0.0748. The van der Waals surface area contributed by atoms with Crippen molar-refractivity contribution in [3.05, 3.63) is 58.1 Å². The maximum Gasteiger partial charge on any atom is 0.256 e. The number of carbonyl (C=O) groups excluding carboxylic acids is 1. The third-order valence-corrected chi connectivity index (χ3v) is 4.84. The van der Waals surface area contributed by atoms with Gasteiger partial charge in [-0.05, 0) is 24.3 Å². The fourth-order valence-electron chi connectivity index (χ4n) is 2.75. The second kappa shape index (κ2) is 6.69. The zero-order chi connectivity index (χ0) is 16.4. The van der Waals surface area contributed by atoms with Crippen molar-refractivity contribution in [3.63, 3.8) is 0 Å². The molecule has 0 saturated carbocycles. The number of piperazine rings is 1. The first-order chi connectivity index (χ1) is 11.1. The van der Waals surface area contributed by atoms with Gasteiger partial charge >= 0.3 is 0 Å². The van der Waals surface area contributed by atoms with Gasteiger partial charge in [0, 0.05) is 31.9 Å². The molecule has 1 aliphatic rings. The number of nitrogens with two attached hydrogens (primary N) is 1. The summed E-state index contributed by atoms with van der Waals surface area (Å²) in [6.07, 6.45) is 0. The van der Waals surface area contributed by atoms with Crippen molar-refractivity contribution in [3.8, 4) is 0 Å². The molecule has 0 atom stereocenters. The summed E-state index contributed by atoms with van der Waals surface area (Å²) in [6, 6.07) is 12.8. The van der Waals surface area contributed by atoms with Crippen LogP contribution >= 0.6 is 23.2 Å². The molecule has 6 heteroatoms. The third-order valence-electron chi connectivity index (χ3n) is 4.03. The van der Waals surface area contributed by atoms with Crippen molar-refractivity contribution in [1.82, 2.24) is 4.90 Å². The topological polar surface area (TPSA) is 49.6 Å². The minimum atomic E-state index is -0.0278. The highest BCUT2D eigenvalue weighted by atomic mass is 35.5. The van der Waals surface area contributed by atoms with E-state index < -0.39 is 0 Å². The summed E-state index contributed by atoms with van der Waals surface area (Å²) in [7, 11) is 0. The van der Waals surface area contributed by atoms with Gasteiger partial charge in [-0.25, -0.2) is 0 Å². The lowest BCUT2D eigenvalue weighted by atomic mass is 10.1. The summed E-state index contributed by atoms with van der Waals surface area (Å²) in [4.78, 5) is 16.5. The van der Waals surface area contributed by atoms with Gasteiger partial charge in [0.15, 0.2) is 0 Å². The zero-order valence-electron chi connectivity index (χ0n) is 12.5. The maximum absolute atomic E-state index is 12.6. The van der Waals surface area contributed by atoms with E-state index in [0.29, 0.717) is 47.5 Å². The normalized spacial score (nSPS) is 14.9. The maximum atomic E-state index is 12.6. The van der Waals surface area contributed by atoms with Gasteiger partial charge in [0.2, 0.25) is 0 Å². The van der Waals surface area contributed by atoms with E-state index in [9.17, 15) is 4.79 Å². The van der Waals surface area contributed by atoms with E-state index in [1.54, 1.807) is 18.2 Å². The Hall–Kier alpha value is -1.91. The summed E-state index contributed by atoms with van der Waals surface area (Å²) in [6.45, 7) is 2.66. The lowest BCUT2D eigenvalue weighted by Gasteiger charge is -2.36. The highest BCUT2D eigenvalue weighted by Gasteiger charge is 2.24. The first-order valence-electron chi connectivity index (χ1n) is 7.40. The van der Waals surface area contributed by atoms with Crippen LogP contribution in [0.3, 0.4) is 0 Å².